The first-order valence-corrected chi connectivity index (χ1v) is 13.2. The first-order chi connectivity index (χ1) is 17.8. The quantitative estimate of drug-likeness (QED) is 0.342. The molecule has 8 heteroatoms. The molecule has 7 nitrogen and oxygen atoms in total. The molecule has 37 heavy (non-hydrogen) atoms. The number of rotatable bonds is 12. The molecule has 0 spiro atoms. The Morgan fingerprint density at radius 1 is 1.11 bits per heavy atom. The summed E-state index contributed by atoms with van der Waals surface area (Å²) in [4.78, 5) is 26.4. The first kappa shape index (κ1) is 28.6. The van der Waals surface area contributed by atoms with E-state index in [0.29, 0.717) is 30.0 Å². The fourth-order valence-electron chi connectivity index (χ4n) is 5.03. The molecular weight excluding hydrogens is 475 g/mol. The average molecular weight is 515 g/mol. The molecule has 202 valence electrons. The lowest BCUT2D eigenvalue weighted by Crippen LogP contribution is -2.44. The van der Waals surface area contributed by atoms with Crippen molar-refractivity contribution in [1.29, 1.82) is 0 Å². The number of urea groups is 1. The normalized spacial score (nSPS) is 17.5. The molecule has 0 bridgehead atoms. The number of hydrogen-bond donors (Lipinski definition) is 2. The van der Waals surface area contributed by atoms with Gasteiger partial charge in [0.25, 0.3) is 0 Å². The highest BCUT2D eigenvalue weighted by Crippen LogP contribution is 2.26. The van der Waals surface area contributed by atoms with Crippen LogP contribution in [0.2, 0.25) is 0 Å². The van der Waals surface area contributed by atoms with Crippen molar-refractivity contribution in [2.45, 2.75) is 84.2 Å². The maximum absolute atomic E-state index is 13.6. The zero-order valence-corrected chi connectivity index (χ0v) is 22.0. The largest absolute Gasteiger partial charge is 0.478 e. The second-order valence-corrected chi connectivity index (χ2v) is 9.61. The van der Waals surface area contributed by atoms with Crippen LogP contribution in [0.4, 0.5) is 14.9 Å². The van der Waals surface area contributed by atoms with Crippen molar-refractivity contribution < 1.29 is 28.6 Å². The Labute approximate surface area is 219 Å². The van der Waals surface area contributed by atoms with Gasteiger partial charge in [0.05, 0.1) is 31.0 Å². The molecule has 2 aromatic carbocycles. The second kappa shape index (κ2) is 14.1. The third-order valence-electron chi connectivity index (χ3n) is 7.03. The highest BCUT2D eigenvalue weighted by molar-refractivity contribution is 5.91. The van der Waals surface area contributed by atoms with Crippen LogP contribution in [-0.2, 0) is 16.1 Å². The molecule has 0 aliphatic heterocycles. The van der Waals surface area contributed by atoms with Crippen LogP contribution in [0, 0.1) is 12.7 Å². The molecule has 0 aromatic heterocycles. The van der Waals surface area contributed by atoms with E-state index >= 15 is 0 Å². The Kier molecular flexibility index (Phi) is 10.9. The summed E-state index contributed by atoms with van der Waals surface area (Å²) in [6.45, 7) is 6.96. The Balaban J connectivity index is 1.52. The molecule has 1 aliphatic rings. The zero-order valence-electron chi connectivity index (χ0n) is 22.0. The lowest BCUT2D eigenvalue weighted by atomic mass is 9.94. The summed E-state index contributed by atoms with van der Waals surface area (Å²) in [7, 11) is 0. The van der Waals surface area contributed by atoms with Gasteiger partial charge in [0, 0.05) is 18.3 Å². The topological polar surface area (TPSA) is 88.1 Å². The Hall–Kier alpha value is -2.97. The number of aromatic carboxylic acids is 1. The maximum Gasteiger partial charge on any atom is 0.336 e. The Morgan fingerprint density at radius 3 is 2.49 bits per heavy atom. The highest BCUT2D eigenvalue weighted by atomic mass is 19.1. The third kappa shape index (κ3) is 8.27. The number of anilines is 1. The van der Waals surface area contributed by atoms with Crippen LogP contribution in [-0.4, -0.2) is 53.4 Å². The van der Waals surface area contributed by atoms with Gasteiger partial charge >= 0.3 is 12.0 Å². The van der Waals surface area contributed by atoms with E-state index in [-0.39, 0.29) is 30.9 Å². The van der Waals surface area contributed by atoms with Gasteiger partial charge in [-0.1, -0.05) is 38.1 Å². The second-order valence-electron chi connectivity index (χ2n) is 9.61. The van der Waals surface area contributed by atoms with E-state index in [0.717, 1.165) is 44.1 Å². The maximum atomic E-state index is 13.6. The van der Waals surface area contributed by atoms with Crippen LogP contribution in [0.25, 0.3) is 0 Å². The van der Waals surface area contributed by atoms with E-state index in [1.165, 1.54) is 12.1 Å². The van der Waals surface area contributed by atoms with Gasteiger partial charge in [-0.2, -0.15) is 0 Å². The number of amides is 2. The van der Waals surface area contributed by atoms with Gasteiger partial charge < -0.3 is 24.8 Å². The molecule has 0 unspecified atom stereocenters. The van der Waals surface area contributed by atoms with Gasteiger partial charge in [-0.15, -0.1) is 0 Å². The van der Waals surface area contributed by atoms with E-state index in [1.54, 1.807) is 36.1 Å². The van der Waals surface area contributed by atoms with Crippen LogP contribution in [0.5, 0.6) is 0 Å². The summed E-state index contributed by atoms with van der Waals surface area (Å²) in [5, 5.41) is 12.4. The summed E-state index contributed by atoms with van der Waals surface area (Å²) in [5.41, 5.74) is 2.14. The van der Waals surface area contributed by atoms with Gasteiger partial charge in [-0.25, -0.2) is 14.0 Å². The Bertz CT molecular complexity index is 1040. The molecule has 2 aromatic rings. The van der Waals surface area contributed by atoms with Gasteiger partial charge in [0.1, 0.15) is 5.82 Å². The SMILES string of the molecule is CCC(CC)N(CCO[C@H]1CCC[C@@H](OCc2cccc(C)c2C(=O)O)C1)C(=O)Nc1cccc(F)c1. The van der Waals surface area contributed by atoms with Gasteiger partial charge in [-0.3, -0.25) is 0 Å². The van der Waals surface area contributed by atoms with Crippen LogP contribution in [0.1, 0.15) is 73.9 Å². The monoisotopic (exact) mass is 514 g/mol. The van der Waals surface area contributed by atoms with Crippen molar-refractivity contribution in [3.63, 3.8) is 0 Å². The van der Waals surface area contributed by atoms with Crippen LogP contribution >= 0.6 is 0 Å². The van der Waals surface area contributed by atoms with Crippen molar-refractivity contribution in [2.75, 3.05) is 18.5 Å². The number of aryl methyl sites for hydroxylation is 1. The van der Waals surface area contributed by atoms with Crippen molar-refractivity contribution in [3.05, 3.63) is 65.0 Å². The van der Waals surface area contributed by atoms with Gasteiger partial charge in [-0.05, 0) is 74.8 Å². The number of hydrogen-bond acceptors (Lipinski definition) is 4. The molecule has 2 N–H and O–H groups in total. The number of benzene rings is 2. The summed E-state index contributed by atoms with van der Waals surface area (Å²) >= 11 is 0. The first-order valence-electron chi connectivity index (χ1n) is 13.2. The molecule has 2 atom stereocenters. The fourth-order valence-corrected chi connectivity index (χ4v) is 5.03. The highest BCUT2D eigenvalue weighted by Gasteiger charge is 2.26. The number of nitrogens with one attached hydrogen (secondary N) is 1. The van der Waals surface area contributed by atoms with E-state index in [2.05, 4.69) is 5.32 Å². The van der Waals surface area contributed by atoms with Gasteiger partial charge in [0.15, 0.2) is 0 Å². The minimum absolute atomic E-state index is 0.00711. The standard InChI is InChI=1S/C29H39FN2O5/c1-4-24(5-2)32(29(35)31-23-12-7-11-22(30)17-23)15-16-36-25-13-8-14-26(18-25)37-19-21-10-6-9-20(3)27(21)28(33)34/h6-7,9-12,17,24-26H,4-5,8,13-16,18-19H2,1-3H3,(H,31,35)(H,33,34)/t25-,26+/m0/s1. The molecule has 0 radical (unpaired) electrons. The van der Waals surface area contributed by atoms with Crippen LogP contribution < -0.4 is 5.32 Å². The fraction of sp³-hybridized carbons (Fsp3) is 0.517. The summed E-state index contributed by atoms with van der Waals surface area (Å²) in [6.07, 6.45) is 5.15. The molecule has 1 fully saturated rings. The lowest BCUT2D eigenvalue weighted by molar-refractivity contribution is -0.0533. The molecule has 0 heterocycles. The van der Waals surface area contributed by atoms with Gasteiger partial charge in [0.2, 0.25) is 0 Å². The predicted octanol–water partition coefficient (Wildman–Crippen LogP) is 6.40. The number of nitrogens with zero attached hydrogens (tertiary/aromatic N) is 1. The summed E-state index contributed by atoms with van der Waals surface area (Å²) in [5.74, 6) is -1.34. The predicted molar refractivity (Wildman–Crippen MR) is 141 cm³/mol. The van der Waals surface area contributed by atoms with E-state index in [1.807, 2.05) is 19.9 Å². The summed E-state index contributed by atoms with van der Waals surface area (Å²) in [6, 6.07) is 11.1. The van der Waals surface area contributed by atoms with Crippen molar-refractivity contribution in [1.82, 2.24) is 4.90 Å². The lowest BCUT2D eigenvalue weighted by Gasteiger charge is -2.33. The molecule has 0 saturated heterocycles. The number of halogens is 1. The molecule has 3 rings (SSSR count). The number of carboxylic acids is 1. The molecule has 1 aliphatic carbocycles. The van der Waals surface area contributed by atoms with E-state index < -0.39 is 11.8 Å². The van der Waals surface area contributed by atoms with Crippen molar-refractivity contribution in [2.24, 2.45) is 0 Å². The van der Waals surface area contributed by atoms with E-state index in [9.17, 15) is 19.1 Å². The average Bonchev–Trinajstić information content (AvgIpc) is 2.87. The summed E-state index contributed by atoms with van der Waals surface area (Å²) < 4.78 is 25.8. The number of carbonyl (C=O) groups is 2. The molecule has 1 saturated carbocycles. The molecule has 2 amide bonds. The minimum atomic E-state index is -0.940. The number of ether oxygens (including phenoxy) is 2. The third-order valence-corrected chi connectivity index (χ3v) is 7.03. The van der Waals surface area contributed by atoms with Crippen LogP contribution in [0.3, 0.4) is 0 Å². The minimum Gasteiger partial charge on any atom is -0.478 e. The van der Waals surface area contributed by atoms with E-state index in [4.69, 9.17) is 9.47 Å². The number of carbonyl (C=O) groups excluding carboxylic acids is 1. The van der Waals surface area contributed by atoms with Crippen molar-refractivity contribution >= 4 is 17.7 Å². The Morgan fingerprint density at radius 2 is 1.81 bits per heavy atom. The number of carboxylic acid groups (broad SMARTS) is 1. The van der Waals surface area contributed by atoms with Crippen LogP contribution in [0.15, 0.2) is 42.5 Å². The molecular formula is C29H39FN2O5. The smallest absolute Gasteiger partial charge is 0.336 e. The zero-order chi connectivity index (χ0) is 26.8. The van der Waals surface area contributed by atoms with Crippen molar-refractivity contribution in [3.8, 4) is 0 Å².